The van der Waals surface area contributed by atoms with Crippen LogP contribution in [-0.2, 0) is 16.4 Å². The molecular weight excluding hydrogens is 404 g/mol. The number of hydrogen-bond acceptors (Lipinski definition) is 4. The Morgan fingerprint density at radius 3 is 2.55 bits per heavy atom. The Balaban J connectivity index is 1.36. The number of fused-ring (bicyclic) bond motifs is 1. The predicted octanol–water partition coefficient (Wildman–Crippen LogP) is 3.92. The number of benzene rings is 1. The molecular formula is C22H28N2O3S2. The van der Waals surface area contributed by atoms with Crippen LogP contribution in [0.25, 0.3) is 0 Å². The van der Waals surface area contributed by atoms with Crippen LogP contribution >= 0.6 is 11.3 Å². The van der Waals surface area contributed by atoms with E-state index >= 15 is 0 Å². The maximum absolute atomic E-state index is 12.9. The largest absolute Gasteiger partial charge is 0.338 e. The van der Waals surface area contributed by atoms with Crippen LogP contribution in [0.3, 0.4) is 0 Å². The van der Waals surface area contributed by atoms with E-state index in [0.29, 0.717) is 24.4 Å². The summed E-state index contributed by atoms with van der Waals surface area (Å²) < 4.78 is 27.6. The molecule has 1 aromatic heterocycles. The molecule has 1 aliphatic heterocycles. The fraction of sp³-hybridized carbons (Fsp3) is 0.500. The molecule has 2 fully saturated rings. The van der Waals surface area contributed by atoms with Gasteiger partial charge in [-0.1, -0.05) is 25.3 Å². The van der Waals surface area contributed by atoms with Crippen LogP contribution in [0.5, 0.6) is 0 Å². The van der Waals surface area contributed by atoms with Gasteiger partial charge in [0, 0.05) is 30.1 Å². The SMILES string of the molecule is O=C(c1ccc(S(=O)(=O)NCCc2cccs2)cc1)N1CCC2CCCCC2C1. The van der Waals surface area contributed by atoms with Crippen LogP contribution in [0.1, 0.15) is 47.3 Å². The van der Waals surface area contributed by atoms with Crippen molar-refractivity contribution in [2.24, 2.45) is 11.8 Å². The minimum Gasteiger partial charge on any atom is -0.338 e. The second-order valence-electron chi connectivity index (χ2n) is 8.10. The molecule has 1 amide bonds. The maximum Gasteiger partial charge on any atom is 0.253 e. The molecule has 1 aromatic carbocycles. The quantitative estimate of drug-likeness (QED) is 0.752. The third-order valence-corrected chi connectivity index (χ3v) is 8.65. The molecule has 29 heavy (non-hydrogen) atoms. The molecule has 5 nitrogen and oxygen atoms in total. The number of carbonyl (C=O) groups excluding carboxylic acids is 1. The highest BCUT2D eigenvalue weighted by atomic mass is 32.2. The van der Waals surface area contributed by atoms with E-state index in [4.69, 9.17) is 0 Å². The van der Waals surface area contributed by atoms with Gasteiger partial charge in [0.15, 0.2) is 0 Å². The number of thiophene rings is 1. The Morgan fingerprint density at radius 1 is 1.07 bits per heavy atom. The molecule has 2 aromatic rings. The van der Waals surface area contributed by atoms with E-state index in [1.54, 1.807) is 23.5 Å². The Bertz CT molecular complexity index is 923. The number of rotatable bonds is 6. The fourth-order valence-corrected chi connectivity index (χ4v) is 6.33. The molecule has 2 unspecified atom stereocenters. The number of sulfonamides is 1. The van der Waals surface area contributed by atoms with Gasteiger partial charge >= 0.3 is 0 Å². The summed E-state index contributed by atoms with van der Waals surface area (Å²) in [6, 6.07) is 10.3. The Kier molecular flexibility index (Phi) is 6.37. The van der Waals surface area contributed by atoms with E-state index in [9.17, 15) is 13.2 Å². The van der Waals surface area contributed by atoms with Crippen LogP contribution < -0.4 is 4.72 Å². The summed E-state index contributed by atoms with van der Waals surface area (Å²) in [4.78, 5) is 16.2. The van der Waals surface area contributed by atoms with Crippen molar-refractivity contribution in [2.75, 3.05) is 19.6 Å². The minimum atomic E-state index is -3.57. The highest BCUT2D eigenvalue weighted by Crippen LogP contribution is 2.36. The normalized spacial score (nSPS) is 22.3. The second kappa shape index (κ2) is 8.98. The summed E-state index contributed by atoms with van der Waals surface area (Å²) in [6.45, 7) is 2.01. The van der Waals surface area contributed by atoms with Crippen LogP contribution in [0, 0.1) is 11.8 Å². The van der Waals surface area contributed by atoms with Crippen molar-refractivity contribution >= 4 is 27.3 Å². The topological polar surface area (TPSA) is 66.5 Å². The van der Waals surface area contributed by atoms with Crippen molar-refractivity contribution in [1.82, 2.24) is 9.62 Å². The van der Waals surface area contributed by atoms with Gasteiger partial charge in [0.05, 0.1) is 4.90 Å². The van der Waals surface area contributed by atoms with Gasteiger partial charge in [-0.25, -0.2) is 13.1 Å². The summed E-state index contributed by atoms with van der Waals surface area (Å²) in [5.41, 5.74) is 0.566. The second-order valence-corrected chi connectivity index (χ2v) is 10.9. The van der Waals surface area contributed by atoms with Crippen molar-refractivity contribution in [1.29, 1.82) is 0 Å². The van der Waals surface area contributed by atoms with E-state index in [1.807, 2.05) is 22.4 Å². The average molecular weight is 433 g/mol. The molecule has 156 valence electrons. The molecule has 7 heteroatoms. The third kappa shape index (κ3) is 4.90. The zero-order valence-corrected chi connectivity index (χ0v) is 18.2. The van der Waals surface area contributed by atoms with E-state index in [-0.39, 0.29) is 10.8 Å². The molecule has 4 rings (SSSR count). The Morgan fingerprint density at radius 2 is 1.83 bits per heavy atom. The maximum atomic E-state index is 12.9. The number of piperidine rings is 1. The highest BCUT2D eigenvalue weighted by Gasteiger charge is 2.33. The summed E-state index contributed by atoms with van der Waals surface area (Å²) in [5, 5.41) is 1.98. The van der Waals surface area contributed by atoms with Crippen molar-refractivity contribution in [2.45, 2.75) is 43.4 Å². The molecule has 2 heterocycles. The first-order valence-electron chi connectivity index (χ1n) is 10.4. The van der Waals surface area contributed by atoms with Crippen molar-refractivity contribution in [3.63, 3.8) is 0 Å². The van der Waals surface area contributed by atoms with Gasteiger partial charge < -0.3 is 4.90 Å². The average Bonchev–Trinajstić information content (AvgIpc) is 3.26. The van der Waals surface area contributed by atoms with Gasteiger partial charge in [0.2, 0.25) is 10.0 Å². The molecule has 0 radical (unpaired) electrons. The van der Waals surface area contributed by atoms with Crippen molar-refractivity contribution in [3.05, 3.63) is 52.2 Å². The van der Waals surface area contributed by atoms with E-state index in [2.05, 4.69) is 4.72 Å². The van der Waals surface area contributed by atoms with Crippen LogP contribution in [0.2, 0.25) is 0 Å². The number of hydrogen-bond donors (Lipinski definition) is 1. The molecule has 2 aliphatic rings. The summed E-state index contributed by atoms with van der Waals surface area (Å²) >= 11 is 1.62. The first-order chi connectivity index (χ1) is 14.0. The van der Waals surface area contributed by atoms with Crippen molar-refractivity contribution < 1.29 is 13.2 Å². The lowest BCUT2D eigenvalue weighted by Crippen LogP contribution is -2.44. The Hall–Kier alpha value is -1.70. The van der Waals surface area contributed by atoms with Gasteiger partial charge in [0.1, 0.15) is 0 Å². The van der Waals surface area contributed by atoms with Gasteiger partial charge in [-0.05, 0) is 66.8 Å². The number of nitrogens with one attached hydrogen (secondary N) is 1. The van der Waals surface area contributed by atoms with Crippen LogP contribution in [-0.4, -0.2) is 38.9 Å². The molecule has 0 spiro atoms. The Labute approximate surface area is 177 Å². The smallest absolute Gasteiger partial charge is 0.253 e. The molecule has 1 saturated heterocycles. The minimum absolute atomic E-state index is 0.0172. The molecule has 2 atom stereocenters. The van der Waals surface area contributed by atoms with Crippen LogP contribution in [0.15, 0.2) is 46.7 Å². The summed E-state index contributed by atoms with van der Waals surface area (Å²) in [5.74, 6) is 1.43. The standard InChI is InChI=1S/C22H28N2O3S2/c25-22(24-14-12-17-4-1-2-5-19(17)16-24)18-7-9-21(10-8-18)29(26,27)23-13-11-20-6-3-15-28-20/h3,6-10,15,17,19,23H,1-2,4-5,11-14,16H2. The summed E-state index contributed by atoms with van der Waals surface area (Å²) in [6.07, 6.45) is 6.89. The lowest BCUT2D eigenvalue weighted by molar-refractivity contribution is 0.0521. The van der Waals surface area contributed by atoms with Gasteiger partial charge in [-0.3, -0.25) is 4.79 Å². The first-order valence-corrected chi connectivity index (χ1v) is 12.8. The van der Waals surface area contributed by atoms with Gasteiger partial charge in [-0.15, -0.1) is 11.3 Å². The monoisotopic (exact) mass is 432 g/mol. The van der Waals surface area contributed by atoms with E-state index in [0.717, 1.165) is 30.3 Å². The van der Waals surface area contributed by atoms with Gasteiger partial charge in [0.25, 0.3) is 5.91 Å². The molecule has 1 N–H and O–H groups in total. The zero-order valence-electron chi connectivity index (χ0n) is 16.5. The zero-order chi connectivity index (χ0) is 20.3. The number of amides is 1. The van der Waals surface area contributed by atoms with Crippen molar-refractivity contribution in [3.8, 4) is 0 Å². The lowest BCUT2D eigenvalue weighted by Gasteiger charge is -2.41. The van der Waals surface area contributed by atoms with Crippen LogP contribution in [0.4, 0.5) is 0 Å². The first kappa shape index (κ1) is 20.6. The number of likely N-dealkylation sites (tertiary alicyclic amines) is 1. The summed E-state index contributed by atoms with van der Waals surface area (Å²) in [7, 11) is -3.57. The number of carbonyl (C=O) groups is 1. The van der Waals surface area contributed by atoms with E-state index < -0.39 is 10.0 Å². The highest BCUT2D eigenvalue weighted by molar-refractivity contribution is 7.89. The molecule has 1 aliphatic carbocycles. The van der Waals surface area contributed by atoms with E-state index in [1.165, 1.54) is 37.8 Å². The molecule has 1 saturated carbocycles. The number of nitrogens with zero attached hydrogens (tertiary/aromatic N) is 1. The lowest BCUT2D eigenvalue weighted by atomic mass is 9.75. The fourth-order valence-electron chi connectivity index (χ4n) is 4.59. The molecule has 0 bridgehead atoms. The predicted molar refractivity (Wildman–Crippen MR) is 116 cm³/mol. The third-order valence-electron chi connectivity index (χ3n) is 6.23. The van der Waals surface area contributed by atoms with Gasteiger partial charge in [-0.2, -0.15) is 0 Å².